The molecule has 1 aromatic rings. The summed E-state index contributed by atoms with van der Waals surface area (Å²) in [7, 11) is 0. The zero-order valence-electron chi connectivity index (χ0n) is 9.93. The van der Waals surface area contributed by atoms with Crippen LogP contribution in [0.25, 0.3) is 0 Å². The predicted molar refractivity (Wildman–Crippen MR) is 65.6 cm³/mol. The molecular formula is C11H18N2O2S. The minimum atomic E-state index is -0.729. The molecule has 0 aromatic carbocycles. The lowest BCUT2D eigenvalue weighted by Gasteiger charge is -2.06. The van der Waals surface area contributed by atoms with Crippen LogP contribution in [0.15, 0.2) is 6.07 Å². The van der Waals surface area contributed by atoms with Crippen molar-refractivity contribution in [2.75, 3.05) is 5.75 Å². The van der Waals surface area contributed by atoms with Gasteiger partial charge in [-0.05, 0) is 19.9 Å². The Hall–Kier alpha value is -0.970. The molecule has 1 rings (SSSR count). The van der Waals surface area contributed by atoms with E-state index in [4.69, 9.17) is 5.11 Å². The summed E-state index contributed by atoms with van der Waals surface area (Å²) in [4.78, 5) is 10.6. The maximum atomic E-state index is 10.6. The summed E-state index contributed by atoms with van der Waals surface area (Å²) in [5.74, 6) is 0.451. The monoisotopic (exact) mass is 242 g/mol. The number of carboxylic acids is 1. The van der Waals surface area contributed by atoms with Crippen molar-refractivity contribution in [1.82, 2.24) is 9.78 Å². The van der Waals surface area contributed by atoms with Crippen LogP contribution in [0.3, 0.4) is 0 Å². The summed E-state index contributed by atoms with van der Waals surface area (Å²) in [6.07, 6.45) is 0. The molecular weight excluding hydrogens is 224 g/mol. The third-order valence-electron chi connectivity index (χ3n) is 2.32. The van der Waals surface area contributed by atoms with Crippen molar-refractivity contribution in [3.05, 3.63) is 17.5 Å². The Morgan fingerprint density at radius 2 is 2.38 bits per heavy atom. The Morgan fingerprint density at radius 1 is 1.69 bits per heavy atom. The smallest absolute Gasteiger partial charge is 0.307 e. The molecule has 90 valence electrons. The average molecular weight is 242 g/mol. The summed E-state index contributed by atoms with van der Waals surface area (Å²) in [6.45, 7) is 6.62. The van der Waals surface area contributed by atoms with Crippen molar-refractivity contribution in [2.24, 2.45) is 5.92 Å². The largest absolute Gasteiger partial charge is 0.481 e. The summed E-state index contributed by atoms with van der Waals surface area (Å²) in [5.41, 5.74) is 2.19. The van der Waals surface area contributed by atoms with Crippen LogP contribution in [0.4, 0.5) is 0 Å². The van der Waals surface area contributed by atoms with Crippen LogP contribution in [-0.2, 0) is 17.1 Å². The van der Waals surface area contributed by atoms with Crippen LogP contribution in [0, 0.1) is 12.8 Å². The van der Waals surface area contributed by atoms with E-state index in [1.807, 2.05) is 11.6 Å². The molecule has 1 heterocycles. The van der Waals surface area contributed by atoms with Crippen molar-refractivity contribution in [3.8, 4) is 0 Å². The van der Waals surface area contributed by atoms with Gasteiger partial charge in [0.05, 0.1) is 11.6 Å². The highest BCUT2D eigenvalue weighted by Crippen LogP contribution is 2.16. The molecule has 0 fully saturated rings. The van der Waals surface area contributed by atoms with Gasteiger partial charge in [0.15, 0.2) is 0 Å². The SMILES string of the molecule is CCn1nc(C)cc1CSCC(C)C(=O)O. The first-order chi connectivity index (χ1) is 7.54. The maximum Gasteiger partial charge on any atom is 0.307 e. The number of aryl methyl sites for hydroxylation is 2. The third-order valence-corrected chi connectivity index (χ3v) is 3.56. The summed E-state index contributed by atoms with van der Waals surface area (Å²) < 4.78 is 1.97. The molecule has 0 aliphatic heterocycles. The number of nitrogens with zero attached hydrogens (tertiary/aromatic N) is 2. The second-order valence-electron chi connectivity index (χ2n) is 3.85. The molecule has 16 heavy (non-hydrogen) atoms. The van der Waals surface area contributed by atoms with Gasteiger partial charge in [0.25, 0.3) is 0 Å². The lowest BCUT2D eigenvalue weighted by Crippen LogP contribution is -2.12. The standard InChI is InChI=1S/C11H18N2O2S/c1-4-13-10(5-9(3)12-13)7-16-6-8(2)11(14)15/h5,8H,4,6-7H2,1-3H3,(H,14,15). The van der Waals surface area contributed by atoms with E-state index in [9.17, 15) is 4.79 Å². The molecule has 1 unspecified atom stereocenters. The molecule has 0 spiro atoms. The first-order valence-electron chi connectivity index (χ1n) is 5.38. The van der Waals surface area contributed by atoms with Gasteiger partial charge in [-0.1, -0.05) is 6.92 Å². The fourth-order valence-electron chi connectivity index (χ4n) is 1.40. The van der Waals surface area contributed by atoms with Crippen LogP contribution in [0.5, 0.6) is 0 Å². The highest BCUT2D eigenvalue weighted by atomic mass is 32.2. The Balaban J connectivity index is 2.45. The summed E-state index contributed by atoms with van der Waals surface area (Å²) in [5, 5.41) is 13.1. The average Bonchev–Trinajstić information content (AvgIpc) is 2.58. The van der Waals surface area contributed by atoms with Gasteiger partial charge in [0.2, 0.25) is 0 Å². The van der Waals surface area contributed by atoms with Crippen molar-refractivity contribution >= 4 is 17.7 Å². The number of rotatable bonds is 6. The maximum absolute atomic E-state index is 10.6. The van der Waals surface area contributed by atoms with Gasteiger partial charge in [-0.3, -0.25) is 9.48 Å². The molecule has 5 heteroatoms. The summed E-state index contributed by atoms with van der Waals surface area (Å²) in [6, 6.07) is 2.06. The normalized spacial score (nSPS) is 12.7. The van der Waals surface area contributed by atoms with Gasteiger partial charge in [-0.25, -0.2) is 0 Å². The fraction of sp³-hybridized carbons (Fsp3) is 0.636. The van der Waals surface area contributed by atoms with Gasteiger partial charge in [-0.15, -0.1) is 0 Å². The molecule has 0 aliphatic rings. The zero-order valence-corrected chi connectivity index (χ0v) is 10.8. The van der Waals surface area contributed by atoms with E-state index in [1.165, 1.54) is 5.69 Å². The quantitative estimate of drug-likeness (QED) is 0.830. The summed E-state index contributed by atoms with van der Waals surface area (Å²) >= 11 is 1.64. The predicted octanol–water partition coefficient (Wildman–Crippen LogP) is 2.17. The Bertz CT molecular complexity index is 363. The minimum absolute atomic E-state index is 0.288. The Morgan fingerprint density at radius 3 is 2.94 bits per heavy atom. The van der Waals surface area contributed by atoms with E-state index in [2.05, 4.69) is 18.1 Å². The van der Waals surface area contributed by atoms with Gasteiger partial charge < -0.3 is 5.11 Å². The number of aliphatic carboxylic acids is 1. The highest BCUT2D eigenvalue weighted by Gasteiger charge is 2.11. The van der Waals surface area contributed by atoms with Crippen LogP contribution in [-0.4, -0.2) is 26.6 Å². The van der Waals surface area contributed by atoms with Gasteiger partial charge in [0, 0.05) is 23.7 Å². The van der Waals surface area contributed by atoms with E-state index in [-0.39, 0.29) is 5.92 Å². The van der Waals surface area contributed by atoms with E-state index in [0.717, 1.165) is 18.0 Å². The third kappa shape index (κ3) is 3.56. The first-order valence-corrected chi connectivity index (χ1v) is 6.54. The van der Waals surface area contributed by atoms with Crippen molar-refractivity contribution in [2.45, 2.75) is 33.1 Å². The Labute approximate surface area is 100 Å². The van der Waals surface area contributed by atoms with Crippen molar-refractivity contribution in [1.29, 1.82) is 0 Å². The van der Waals surface area contributed by atoms with Crippen LogP contribution >= 0.6 is 11.8 Å². The number of carbonyl (C=O) groups is 1. The first kappa shape index (κ1) is 13.1. The number of carboxylic acid groups (broad SMARTS) is 1. The molecule has 0 saturated heterocycles. The molecule has 1 N–H and O–H groups in total. The number of hydrogen-bond donors (Lipinski definition) is 1. The lowest BCUT2D eigenvalue weighted by molar-refractivity contribution is -0.140. The van der Waals surface area contributed by atoms with E-state index >= 15 is 0 Å². The molecule has 1 aromatic heterocycles. The van der Waals surface area contributed by atoms with Crippen molar-refractivity contribution < 1.29 is 9.90 Å². The molecule has 0 radical (unpaired) electrons. The number of thioether (sulfide) groups is 1. The van der Waals surface area contributed by atoms with Crippen molar-refractivity contribution in [3.63, 3.8) is 0 Å². The van der Waals surface area contributed by atoms with E-state index in [0.29, 0.717) is 5.75 Å². The highest BCUT2D eigenvalue weighted by molar-refractivity contribution is 7.98. The molecule has 0 saturated carbocycles. The van der Waals surface area contributed by atoms with Gasteiger partial charge in [0.1, 0.15) is 0 Å². The van der Waals surface area contributed by atoms with Gasteiger partial charge >= 0.3 is 5.97 Å². The zero-order chi connectivity index (χ0) is 12.1. The molecule has 1 atom stereocenters. The van der Waals surface area contributed by atoms with Crippen LogP contribution in [0.1, 0.15) is 25.2 Å². The van der Waals surface area contributed by atoms with Gasteiger partial charge in [-0.2, -0.15) is 16.9 Å². The number of aromatic nitrogens is 2. The number of hydrogen-bond acceptors (Lipinski definition) is 3. The Kier molecular flexibility index (Phi) is 4.86. The molecule has 4 nitrogen and oxygen atoms in total. The fourth-order valence-corrected chi connectivity index (χ4v) is 2.46. The topological polar surface area (TPSA) is 55.1 Å². The second kappa shape index (κ2) is 5.94. The van der Waals surface area contributed by atoms with Crippen LogP contribution in [0.2, 0.25) is 0 Å². The molecule has 0 aliphatic carbocycles. The van der Waals surface area contributed by atoms with E-state index < -0.39 is 5.97 Å². The second-order valence-corrected chi connectivity index (χ2v) is 4.88. The molecule has 0 amide bonds. The molecule has 0 bridgehead atoms. The minimum Gasteiger partial charge on any atom is -0.481 e. The van der Waals surface area contributed by atoms with E-state index in [1.54, 1.807) is 18.7 Å². The lowest BCUT2D eigenvalue weighted by atomic mass is 10.2. The van der Waals surface area contributed by atoms with Crippen LogP contribution < -0.4 is 0 Å².